The Bertz CT molecular complexity index is 608. The molecule has 5 heteroatoms. The second-order valence-electron chi connectivity index (χ2n) is 6.27. The maximum absolute atomic E-state index is 4.88. The van der Waals surface area contributed by atoms with Crippen LogP contribution in [0.15, 0.2) is 18.3 Å². The highest BCUT2D eigenvalue weighted by Crippen LogP contribution is 2.27. The topological polar surface area (TPSA) is 54.8 Å². The first-order valence-corrected chi connectivity index (χ1v) is 8.17. The monoisotopic (exact) mass is 285 g/mol. The molecule has 2 saturated heterocycles. The Morgan fingerprint density at radius 1 is 1.19 bits per heavy atom. The van der Waals surface area contributed by atoms with Gasteiger partial charge in [0.25, 0.3) is 0 Å². The van der Waals surface area contributed by atoms with E-state index in [0.29, 0.717) is 6.04 Å². The van der Waals surface area contributed by atoms with Crippen LogP contribution in [0.2, 0.25) is 0 Å². The zero-order valence-corrected chi connectivity index (χ0v) is 12.4. The first kappa shape index (κ1) is 13.2. The van der Waals surface area contributed by atoms with Gasteiger partial charge in [-0.15, -0.1) is 0 Å². The molecule has 21 heavy (non-hydrogen) atoms. The first-order valence-electron chi connectivity index (χ1n) is 8.17. The number of piperidine rings is 1. The van der Waals surface area contributed by atoms with Gasteiger partial charge in [0.05, 0.1) is 6.04 Å². The van der Waals surface area contributed by atoms with Gasteiger partial charge >= 0.3 is 0 Å². The van der Waals surface area contributed by atoms with Crippen LogP contribution in [0.1, 0.15) is 37.5 Å². The molecule has 2 aromatic heterocycles. The van der Waals surface area contributed by atoms with Crippen molar-refractivity contribution in [1.29, 1.82) is 0 Å². The van der Waals surface area contributed by atoms with Crippen LogP contribution in [0.4, 0.5) is 0 Å². The number of rotatable bonds is 3. The van der Waals surface area contributed by atoms with Crippen molar-refractivity contribution in [1.82, 2.24) is 25.2 Å². The number of hydrogen-bond donors (Lipinski definition) is 2. The molecule has 112 valence electrons. The molecule has 0 amide bonds. The molecule has 2 N–H and O–H groups in total. The van der Waals surface area contributed by atoms with Gasteiger partial charge in [-0.05, 0) is 63.4 Å². The smallest absolute Gasteiger partial charge is 0.160 e. The van der Waals surface area contributed by atoms with E-state index in [1.54, 1.807) is 0 Å². The highest BCUT2D eigenvalue weighted by atomic mass is 15.2. The molecule has 0 saturated carbocycles. The zero-order chi connectivity index (χ0) is 14.1. The fourth-order valence-electron chi connectivity index (χ4n) is 3.65. The Balaban J connectivity index is 1.70. The average molecular weight is 285 g/mol. The van der Waals surface area contributed by atoms with Crippen LogP contribution in [-0.4, -0.2) is 34.2 Å². The minimum absolute atomic E-state index is 0.404. The second kappa shape index (κ2) is 5.73. The van der Waals surface area contributed by atoms with Crippen LogP contribution >= 0.6 is 0 Å². The molecule has 5 nitrogen and oxygen atoms in total. The third-order valence-corrected chi connectivity index (χ3v) is 4.80. The molecule has 2 aliphatic rings. The van der Waals surface area contributed by atoms with Crippen LogP contribution < -0.4 is 10.6 Å². The van der Waals surface area contributed by atoms with E-state index < -0.39 is 0 Å². The molecular weight excluding hydrogens is 262 g/mol. The van der Waals surface area contributed by atoms with E-state index in [9.17, 15) is 0 Å². The number of nitrogens with one attached hydrogen (secondary N) is 2. The normalized spacial score (nSPS) is 23.9. The fourth-order valence-corrected chi connectivity index (χ4v) is 3.65. The summed E-state index contributed by atoms with van der Waals surface area (Å²) in [6.45, 7) is 4.45. The predicted octanol–water partition coefficient (Wildman–Crippen LogP) is 1.86. The summed E-state index contributed by atoms with van der Waals surface area (Å²) in [4.78, 5) is 9.48. The van der Waals surface area contributed by atoms with E-state index >= 15 is 0 Å². The Labute approximate surface area is 125 Å². The van der Waals surface area contributed by atoms with Crippen molar-refractivity contribution in [3.8, 4) is 0 Å². The van der Waals surface area contributed by atoms with Crippen LogP contribution in [0.3, 0.4) is 0 Å². The zero-order valence-electron chi connectivity index (χ0n) is 12.4. The van der Waals surface area contributed by atoms with Crippen molar-refractivity contribution in [3.63, 3.8) is 0 Å². The SMILES string of the molecule is c1cnc2c(c1)nc(C1CCCN1)n2CC1CCNCC1. The summed E-state index contributed by atoms with van der Waals surface area (Å²) in [5, 5.41) is 7.04. The summed E-state index contributed by atoms with van der Waals surface area (Å²) in [6, 6.07) is 4.47. The lowest BCUT2D eigenvalue weighted by molar-refractivity contribution is 0.329. The molecule has 0 radical (unpaired) electrons. The number of nitrogens with zero attached hydrogens (tertiary/aromatic N) is 3. The molecule has 0 aromatic carbocycles. The molecule has 2 aliphatic heterocycles. The maximum atomic E-state index is 4.88. The number of imidazole rings is 1. The Kier molecular flexibility index (Phi) is 3.61. The van der Waals surface area contributed by atoms with Gasteiger partial charge in [-0.2, -0.15) is 0 Å². The Morgan fingerprint density at radius 2 is 2.10 bits per heavy atom. The number of fused-ring (bicyclic) bond motifs is 1. The largest absolute Gasteiger partial charge is 0.317 e. The molecule has 4 rings (SSSR count). The van der Waals surface area contributed by atoms with Gasteiger partial charge < -0.3 is 15.2 Å². The van der Waals surface area contributed by atoms with Crippen LogP contribution in [0.25, 0.3) is 11.2 Å². The Morgan fingerprint density at radius 3 is 2.90 bits per heavy atom. The molecule has 2 aromatic rings. The van der Waals surface area contributed by atoms with Crippen LogP contribution in [-0.2, 0) is 6.54 Å². The summed E-state index contributed by atoms with van der Waals surface area (Å²) in [5.41, 5.74) is 2.09. The van der Waals surface area contributed by atoms with Gasteiger partial charge in [-0.3, -0.25) is 0 Å². The second-order valence-corrected chi connectivity index (χ2v) is 6.27. The summed E-state index contributed by atoms with van der Waals surface area (Å²) >= 11 is 0. The van der Waals surface area contributed by atoms with Gasteiger partial charge in [0, 0.05) is 12.7 Å². The standard InChI is InChI=1S/C16H23N5/c1-3-13(18-7-1)16-20-14-4-2-8-19-15(14)21(16)11-12-5-9-17-10-6-12/h2,4,8,12-13,17-18H,1,3,5-7,9-11H2. The van der Waals surface area contributed by atoms with E-state index in [-0.39, 0.29) is 0 Å². The number of hydrogen-bond acceptors (Lipinski definition) is 4. The molecule has 1 unspecified atom stereocenters. The lowest BCUT2D eigenvalue weighted by Gasteiger charge is -2.24. The summed E-state index contributed by atoms with van der Waals surface area (Å²) in [7, 11) is 0. The molecule has 0 aliphatic carbocycles. The van der Waals surface area contributed by atoms with E-state index in [1.165, 1.54) is 31.5 Å². The van der Waals surface area contributed by atoms with Crippen molar-refractivity contribution in [3.05, 3.63) is 24.2 Å². The summed E-state index contributed by atoms with van der Waals surface area (Å²) in [6.07, 6.45) is 6.83. The van der Waals surface area contributed by atoms with Gasteiger partial charge in [-0.25, -0.2) is 9.97 Å². The number of pyridine rings is 1. The summed E-state index contributed by atoms with van der Waals surface area (Å²) < 4.78 is 2.38. The van der Waals surface area contributed by atoms with E-state index in [1.807, 2.05) is 12.3 Å². The van der Waals surface area contributed by atoms with Gasteiger partial charge in [0.15, 0.2) is 5.65 Å². The van der Waals surface area contributed by atoms with Crippen molar-refractivity contribution in [2.75, 3.05) is 19.6 Å². The van der Waals surface area contributed by atoms with Gasteiger partial charge in [0.2, 0.25) is 0 Å². The lowest BCUT2D eigenvalue weighted by atomic mass is 9.98. The average Bonchev–Trinajstić information content (AvgIpc) is 3.16. The lowest BCUT2D eigenvalue weighted by Crippen LogP contribution is -2.30. The summed E-state index contributed by atoms with van der Waals surface area (Å²) in [5.74, 6) is 1.94. The quantitative estimate of drug-likeness (QED) is 0.904. The highest BCUT2D eigenvalue weighted by molar-refractivity contribution is 5.71. The van der Waals surface area contributed by atoms with Gasteiger partial charge in [-0.1, -0.05) is 0 Å². The fraction of sp³-hybridized carbons (Fsp3) is 0.625. The highest BCUT2D eigenvalue weighted by Gasteiger charge is 2.25. The first-order chi connectivity index (χ1) is 10.4. The maximum Gasteiger partial charge on any atom is 0.160 e. The van der Waals surface area contributed by atoms with E-state index in [0.717, 1.165) is 43.3 Å². The minimum atomic E-state index is 0.404. The third-order valence-electron chi connectivity index (χ3n) is 4.80. The molecule has 0 spiro atoms. The van der Waals surface area contributed by atoms with Crippen molar-refractivity contribution < 1.29 is 0 Å². The van der Waals surface area contributed by atoms with Gasteiger partial charge in [0.1, 0.15) is 11.3 Å². The molecule has 1 atom stereocenters. The Hall–Kier alpha value is -1.46. The number of aromatic nitrogens is 3. The van der Waals surface area contributed by atoms with E-state index in [4.69, 9.17) is 4.98 Å². The van der Waals surface area contributed by atoms with Crippen molar-refractivity contribution in [2.24, 2.45) is 5.92 Å². The van der Waals surface area contributed by atoms with Crippen LogP contribution in [0, 0.1) is 5.92 Å². The minimum Gasteiger partial charge on any atom is -0.317 e. The predicted molar refractivity (Wildman–Crippen MR) is 83.1 cm³/mol. The van der Waals surface area contributed by atoms with Crippen molar-refractivity contribution >= 4 is 11.2 Å². The molecular formula is C16H23N5. The molecule has 0 bridgehead atoms. The van der Waals surface area contributed by atoms with E-state index in [2.05, 4.69) is 26.3 Å². The van der Waals surface area contributed by atoms with Crippen molar-refractivity contribution in [2.45, 2.75) is 38.3 Å². The van der Waals surface area contributed by atoms with Crippen LogP contribution in [0.5, 0.6) is 0 Å². The molecule has 4 heterocycles. The molecule has 2 fully saturated rings. The third kappa shape index (κ3) is 2.56.